The van der Waals surface area contributed by atoms with E-state index in [1.807, 2.05) is 27.2 Å². The second kappa shape index (κ2) is 5.64. The molecule has 98 valence electrons. The predicted octanol–water partition coefficient (Wildman–Crippen LogP) is 3.36. The number of imidazole rings is 1. The summed E-state index contributed by atoms with van der Waals surface area (Å²) >= 11 is 3.76. The van der Waals surface area contributed by atoms with Gasteiger partial charge in [-0.25, -0.2) is 9.37 Å². The van der Waals surface area contributed by atoms with Gasteiger partial charge in [0.15, 0.2) is 0 Å². The van der Waals surface area contributed by atoms with E-state index < -0.39 is 0 Å². The first-order chi connectivity index (χ1) is 8.52. The van der Waals surface area contributed by atoms with Gasteiger partial charge in [0.05, 0.1) is 14.6 Å². The molecule has 0 saturated carbocycles. The predicted molar refractivity (Wildman–Crippen MR) is 84.4 cm³/mol. The molecule has 6 heteroatoms. The normalized spacial score (nSPS) is 13.1. The Balaban J connectivity index is 2.43. The lowest BCUT2D eigenvalue weighted by molar-refractivity contribution is 0.545. The Hall–Kier alpha value is -0.500. The van der Waals surface area contributed by atoms with Gasteiger partial charge in [0.25, 0.3) is 0 Å². The van der Waals surface area contributed by atoms with E-state index in [1.165, 1.54) is 6.07 Å². The van der Waals surface area contributed by atoms with Crippen LogP contribution in [0.1, 0.15) is 6.92 Å². The van der Waals surface area contributed by atoms with Crippen LogP contribution in [-0.2, 0) is 6.54 Å². The van der Waals surface area contributed by atoms with Gasteiger partial charge in [-0.15, -0.1) is 0 Å². The van der Waals surface area contributed by atoms with Gasteiger partial charge in [-0.1, -0.05) is 6.92 Å². The summed E-state index contributed by atoms with van der Waals surface area (Å²) in [5, 5.41) is 0. The van der Waals surface area contributed by atoms with Crippen LogP contribution in [0.15, 0.2) is 12.1 Å². The Kier molecular flexibility index (Phi) is 4.37. The van der Waals surface area contributed by atoms with Crippen LogP contribution in [0.3, 0.4) is 0 Å². The summed E-state index contributed by atoms with van der Waals surface area (Å²) in [7, 11) is 0. The number of halogens is 2. The second-order valence-electron chi connectivity index (χ2n) is 4.40. The molecule has 3 nitrogen and oxygen atoms in total. The number of nitrogens with two attached hydrogens (primary N) is 1. The molecule has 1 aromatic heterocycles. The molecule has 1 aromatic carbocycles. The summed E-state index contributed by atoms with van der Waals surface area (Å²) in [6.07, 6.45) is 2.08. The van der Waals surface area contributed by atoms with Crippen LogP contribution < -0.4 is 5.73 Å². The molecule has 0 amide bonds. The summed E-state index contributed by atoms with van der Waals surface area (Å²) < 4.78 is 16.1. The van der Waals surface area contributed by atoms with Gasteiger partial charge in [0, 0.05) is 12.6 Å². The third-order valence-corrected chi connectivity index (χ3v) is 4.49. The number of hydrogen-bond donors (Lipinski definition) is 1. The van der Waals surface area contributed by atoms with Gasteiger partial charge in [-0.05, 0) is 46.6 Å². The molecule has 1 heterocycles. The van der Waals surface area contributed by atoms with E-state index in [1.54, 1.807) is 17.8 Å². The van der Waals surface area contributed by atoms with Crippen LogP contribution in [0.4, 0.5) is 10.3 Å². The molecule has 0 spiro atoms. The Morgan fingerprint density at radius 3 is 2.94 bits per heavy atom. The minimum Gasteiger partial charge on any atom is -0.369 e. The number of hydrogen-bond acceptors (Lipinski definition) is 3. The molecular formula is C12H15FIN3S. The van der Waals surface area contributed by atoms with Gasteiger partial charge >= 0.3 is 0 Å². The van der Waals surface area contributed by atoms with E-state index in [4.69, 9.17) is 5.73 Å². The quantitative estimate of drug-likeness (QED) is 0.829. The van der Waals surface area contributed by atoms with Crippen molar-refractivity contribution in [3.05, 3.63) is 21.5 Å². The maximum absolute atomic E-state index is 13.6. The molecule has 0 fully saturated rings. The number of nitrogens with zero attached hydrogens (tertiary/aromatic N) is 2. The van der Waals surface area contributed by atoms with Crippen LogP contribution in [0.25, 0.3) is 11.0 Å². The highest BCUT2D eigenvalue weighted by Gasteiger charge is 2.13. The molecule has 2 rings (SSSR count). The first kappa shape index (κ1) is 13.9. The number of nitrogen functional groups attached to an aromatic ring is 1. The Labute approximate surface area is 123 Å². The van der Waals surface area contributed by atoms with Crippen molar-refractivity contribution in [2.24, 2.45) is 5.92 Å². The summed E-state index contributed by atoms with van der Waals surface area (Å²) in [4.78, 5) is 4.29. The maximum Gasteiger partial charge on any atom is 0.201 e. The fourth-order valence-corrected chi connectivity index (χ4v) is 3.10. The fraction of sp³-hybridized carbons (Fsp3) is 0.417. The molecule has 2 N–H and O–H groups in total. The van der Waals surface area contributed by atoms with Crippen molar-refractivity contribution in [2.45, 2.75) is 13.5 Å². The van der Waals surface area contributed by atoms with E-state index >= 15 is 0 Å². The number of benzene rings is 1. The Morgan fingerprint density at radius 1 is 1.56 bits per heavy atom. The van der Waals surface area contributed by atoms with Crippen LogP contribution in [-0.4, -0.2) is 21.6 Å². The summed E-state index contributed by atoms with van der Waals surface area (Å²) in [6, 6.07) is 3.25. The lowest BCUT2D eigenvalue weighted by Gasteiger charge is -2.12. The first-order valence-corrected chi connectivity index (χ1v) is 8.10. The fourth-order valence-electron chi connectivity index (χ4n) is 1.98. The van der Waals surface area contributed by atoms with Gasteiger partial charge in [-0.2, -0.15) is 11.8 Å². The topological polar surface area (TPSA) is 43.8 Å². The van der Waals surface area contributed by atoms with E-state index in [0.29, 0.717) is 15.4 Å². The van der Waals surface area contributed by atoms with Crippen molar-refractivity contribution in [3.63, 3.8) is 0 Å². The van der Waals surface area contributed by atoms with Gasteiger partial charge < -0.3 is 10.3 Å². The Morgan fingerprint density at radius 2 is 2.28 bits per heavy atom. The van der Waals surface area contributed by atoms with Crippen LogP contribution in [0, 0.1) is 15.3 Å². The molecule has 0 aliphatic carbocycles. The zero-order valence-corrected chi connectivity index (χ0v) is 13.3. The van der Waals surface area contributed by atoms with Crippen molar-refractivity contribution >= 4 is 51.3 Å². The number of aromatic nitrogens is 2. The average molecular weight is 379 g/mol. The maximum atomic E-state index is 13.6. The molecule has 0 radical (unpaired) electrons. The van der Waals surface area contributed by atoms with E-state index in [-0.39, 0.29) is 5.82 Å². The van der Waals surface area contributed by atoms with Crippen LogP contribution in [0.2, 0.25) is 0 Å². The molecule has 2 aromatic rings. The SMILES string of the molecule is CSCC(C)Cn1c(N)nc2cc(I)c(F)cc21. The standard InChI is InChI=1S/C12H15FIN3S/c1-7(6-18-2)5-17-11-3-8(13)9(14)4-10(11)16-12(17)15/h3-4,7H,5-6H2,1-2H3,(H2,15,16). The van der Waals surface area contributed by atoms with Crippen molar-refractivity contribution in [1.82, 2.24) is 9.55 Å². The zero-order chi connectivity index (χ0) is 13.3. The minimum absolute atomic E-state index is 0.221. The van der Waals surface area contributed by atoms with Crippen LogP contribution >= 0.6 is 34.4 Å². The van der Waals surface area contributed by atoms with Gasteiger partial charge in [0.1, 0.15) is 5.82 Å². The number of thioether (sulfide) groups is 1. The molecule has 0 aliphatic heterocycles. The summed E-state index contributed by atoms with van der Waals surface area (Å²) in [6.45, 7) is 2.92. The zero-order valence-electron chi connectivity index (χ0n) is 10.3. The summed E-state index contributed by atoms with van der Waals surface area (Å²) in [5.41, 5.74) is 7.45. The largest absolute Gasteiger partial charge is 0.369 e. The third-order valence-electron chi connectivity index (χ3n) is 2.77. The molecule has 0 bridgehead atoms. The Bertz CT molecular complexity index is 570. The first-order valence-electron chi connectivity index (χ1n) is 5.62. The lowest BCUT2D eigenvalue weighted by atomic mass is 10.2. The van der Waals surface area contributed by atoms with Crippen molar-refractivity contribution < 1.29 is 4.39 Å². The molecule has 0 aliphatic rings. The molecular weight excluding hydrogens is 364 g/mol. The van der Waals surface area contributed by atoms with Gasteiger partial charge in [0.2, 0.25) is 5.95 Å². The average Bonchev–Trinajstić information content (AvgIpc) is 2.57. The number of fused-ring (bicyclic) bond motifs is 1. The highest BCUT2D eigenvalue weighted by atomic mass is 127. The lowest BCUT2D eigenvalue weighted by Crippen LogP contribution is -2.12. The molecule has 1 unspecified atom stereocenters. The number of rotatable bonds is 4. The minimum atomic E-state index is -0.221. The molecule has 18 heavy (non-hydrogen) atoms. The number of anilines is 1. The smallest absolute Gasteiger partial charge is 0.201 e. The van der Waals surface area contributed by atoms with Gasteiger partial charge in [-0.3, -0.25) is 0 Å². The van der Waals surface area contributed by atoms with Crippen LogP contribution in [0.5, 0.6) is 0 Å². The molecule has 1 atom stereocenters. The van der Waals surface area contributed by atoms with E-state index in [2.05, 4.69) is 18.2 Å². The third kappa shape index (κ3) is 2.74. The molecule has 0 saturated heterocycles. The highest BCUT2D eigenvalue weighted by Crippen LogP contribution is 2.24. The summed E-state index contributed by atoms with van der Waals surface area (Å²) in [5.74, 6) is 1.76. The van der Waals surface area contributed by atoms with Crippen molar-refractivity contribution in [3.8, 4) is 0 Å². The van der Waals surface area contributed by atoms with E-state index in [9.17, 15) is 4.39 Å². The highest BCUT2D eigenvalue weighted by molar-refractivity contribution is 14.1. The van der Waals surface area contributed by atoms with E-state index in [0.717, 1.165) is 23.3 Å². The van der Waals surface area contributed by atoms with Crippen molar-refractivity contribution in [1.29, 1.82) is 0 Å². The monoisotopic (exact) mass is 379 g/mol. The second-order valence-corrected chi connectivity index (χ2v) is 6.47. The van der Waals surface area contributed by atoms with Crippen molar-refractivity contribution in [2.75, 3.05) is 17.7 Å².